The first-order chi connectivity index (χ1) is 12.5. The highest BCUT2D eigenvalue weighted by atomic mass is 32.2. The maximum Gasteiger partial charge on any atom is 0.237 e. The molecule has 0 saturated heterocycles. The smallest absolute Gasteiger partial charge is 0.237 e. The quantitative estimate of drug-likeness (QED) is 0.513. The zero-order valence-electron chi connectivity index (χ0n) is 14.8. The molecule has 0 aliphatic carbocycles. The van der Waals surface area contributed by atoms with E-state index in [9.17, 15) is 4.79 Å². The van der Waals surface area contributed by atoms with E-state index in [0.717, 1.165) is 38.9 Å². The number of para-hydroxylation sites is 1. The molecule has 7 heteroatoms. The second-order valence-electron chi connectivity index (χ2n) is 6.10. The average Bonchev–Trinajstić information content (AvgIpc) is 3.17. The van der Waals surface area contributed by atoms with Gasteiger partial charge in [0.2, 0.25) is 5.91 Å². The van der Waals surface area contributed by atoms with Crippen LogP contribution in [0.15, 0.2) is 51.9 Å². The van der Waals surface area contributed by atoms with Crippen LogP contribution < -0.4 is 4.90 Å². The molecule has 6 nitrogen and oxygen atoms in total. The number of aryl methyl sites for hydroxylation is 2. The van der Waals surface area contributed by atoms with E-state index in [0.29, 0.717) is 0 Å². The Hall–Kier alpha value is -2.80. The zero-order valence-corrected chi connectivity index (χ0v) is 15.6. The highest BCUT2D eigenvalue weighted by molar-refractivity contribution is 8.00. The summed E-state index contributed by atoms with van der Waals surface area (Å²) >= 11 is 1.39. The number of furan rings is 1. The van der Waals surface area contributed by atoms with Gasteiger partial charge in [0, 0.05) is 24.9 Å². The van der Waals surface area contributed by atoms with Gasteiger partial charge < -0.3 is 9.32 Å². The summed E-state index contributed by atoms with van der Waals surface area (Å²) in [6.07, 6.45) is 0. The molecule has 0 atom stereocenters. The molecule has 0 radical (unpaired) electrons. The molecule has 26 heavy (non-hydrogen) atoms. The molecule has 0 aliphatic heterocycles. The van der Waals surface area contributed by atoms with Gasteiger partial charge in [0.1, 0.15) is 16.6 Å². The Balaban J connectivity index is 1.60. The van der Waals surface area contributed by atoms with Crippen molar-refractivity contribution in [3.63, 3.8) is 0 Å². The monoisotopic (exact) mass is 366 g/mol. The highest BCUT2D eigenvalue weighted by Gasteiger charge is 2.17. The minimum atomic E-state index is 0.00723. The number of aromatic nitrogens is 3. The zero-order chi connectivity index (χ0) is 18.3. The van der Waals surface area contributed by atoms with E-state index < -0.39 is 0 Å². The Kier molecular flexibility index (Phi) is 4.16. The molecule has 0 saturated carbocycles. The second kappa shape index (κ2) is 6.49. The summed E-state index contributed by atoms with van der Waals surface area (Å²) in [6, 6.07) is 13.5. The van der Waals surface area contributed by atoms with Crippen LogP contribution in [0.2, 0.25) is 0 Å². The first-order valence-electron chi connectivity index (χ1n) is 8.24. The number of thioether (sulfide) groups is 1. The van der Waals surface area contributed by atoms with Gasteiger partial charge in [-0.05, 0) is 26.0 Å². The van der Waals surface area contributed by atoms with Crippen LogP contribution in [-0.4, -0.2) is 33.3 Å². The number of benzene rings is 1. The minimum Gasteiger partial charge on any atom is -0.460 e. The number of fused-ring (bicyclic) bond motifs is 3. The summed E-state index contributed by atoms with van der Waals surface area (Å²) in [5.74, 6) is 1.93. The van der Waals surface area contributed by atoms with Crippen molar-refractivity contribution in [1.29, 1.82) is 0 Å². The number of nitrogens with zero attached hydrogens (tertiary/aromatic N) is 4. The lowest BCUT2D eigenvalue weighted by Gasteiger charge is -2.16. The van der Waals surface area contributed by atoms with Gasteiger partial charge in [-0.15, -0.1) is 10.2 Å². The Morgan fingerprint density at radius 3 is 2.69 bits per heavy atom. The van der Waals surface area contributed by atoms with E-state index in [-0.39, 0.29) is 11.7 Å². The maximum absolute atomic E-state index is 12.5. The van der Waals surface area contributed by atoms with Crippen LogP contribution in [0, 0.1) is 13.8 Å². The van der Waals surface area contributed by atoms with Crippen molar-refractivity contribution in [1.82, 2.24) is 14.6 Å². The van der Waals surface area contributed by atoms with E-state index in [4.69, 9.17) is 4.42 Å². The number of anilines is 1. The largest absolute Gasteiger partial charge is 0.460 e. The third-order valence-corrected chi connectivity index (χ3v) is 5.25. The van der Waals surface area contributed by atoms with Gasteiger partial charge in [0.25, 0.3) is 0 Å². The van der Waals surface area contributed by atoms with Crippen LogP contribution in [0.5, 0.6) is 0 Å². The lowest BCUT2D eigenvalue weighted by molar-refractivity contribution is -0.115. The molecule has 4 aromatic rings. The molecule has 132 valence electrons. The van der Waals surface area contributed by atoms with Gasteiger partial charge in [-0.1, -0.05) is 30.0 Å². The normalized spacial score (nSPS) is 11.3. The van der Waals surface area contributed by atoms with Crippen molar-refractivity contribution in [2.75, 3.05) is 17.7 Å². The predicted octanol–water partition coefficient (Wildman–Crippen LogP) is 3.85. The standard InChI is InChI=1S/C19H18N4O2S/c1-12-9-15-17(25-12)10-16-19(21-20-13(2)23(15)16)26-11-18(24)22(3)14-7-5-4-6-8-14/h4-10H,11H2,1-3H3. The number of rotatable bonds is 4. The SMILES string of the molecule is Cc1cc2c(cc3c(SCC(=O)N(C)c4ccccc4)nnc(C)n32)o1. The molecule has 3 aromatic heterocycles. The Morgan fingerprint density at radius 1 is 1.15 bits per heavy atom. The Bertz CT molecular complexity index is 1100. The summed E-state index contributed by atoms with van der Waals surface area (Å²) in [6.45, 7) is 3.83. The lowest BCUT2D eigenvalue weighted by atomic mass is 10.3. The van der Waals surface area contributed by atoms with Crippen LogP contribution >= 0.6 is 11.8 Å². The molecule has 1 amide bonds. The number of hydrogen-bond acceptors (Lipinski definition) is 5. The van der Waals surface area contributed by atoms with Crippen molar-refractivity contribution >= 4 is 40.0 Å². The highest BCUT2D eigenvalue weighted by Crippen LogP contribution is 2.30. The van der Waals surface area contributed by atoms with Crippen LogP contribution in [-0.2, 0) is 4.79 Å². The van der Waals surface area contributed by atoms with Crippen LogP contribution in [0.25, 0.3) is 16.6 Å². The molecule has 1 aromatic carbocycles. The van der Waals surface area contributed by atoms with Gasteiger partial charge in [0.05, 0.1) is 16.8 Å². The number of amides is 1. The lowest BCUT2D eigenvalue weighted by Crippen LogP contribution is -2.27. The summed E-state index contributed by atoms with van der Waals surface area (Å²) in [5, 5.41) is 9.25. The van der Waals surface area contributed by atoms with Crippen LogP contribution in [0.1, 0.15) is 11.6 Å². The van der Waals surface area contributed by atoms with Crippen LogP contribution in [0.3, 0.4) is 0 Å². The Morgan fingerprint density at radius 2 is 1.92 bits per heavy atom. The average molecular weight is 366 g/mol. The molecular formula is C19H18N4O2S. The molecular weight excluding hydrogens is 348 g/mol. The van der Waals surface area contributed by atoms with Crippen molar-refractivity contribution < 1.29 is 9.21 Å². The van der Waals surface area contributed by atoms with Crippen LogP contribution in [0.4, 0.5) is 5.69 Å². The van der Waals surface area contributed by atoms with Gasteiger partial charge in [-0.2, -0.15) is 0 Å². The summed E-state index contributed by atoms with van der Waals surface area (Å²) in [5.41, 5.74) is 3.55. The molecule has 0 spiro atoms. The minimum absolute atomic E-state index is 0.00723. The van der Waals surface area contributed by atoms with Crippen molar-refractivity contribution in [2.45, 2.75) is 18.9 Å². The van der Waals surface area contributed by atoms with E-state index in [2.05, 4.69) is 10.2 Å². The topological polar surface area (TPSA) is 63.6 Å². The van der Waals surface area contributed by atoms with Crippen molar-refractivity contribution in [2.24, 2.45) is 0 Å². The van der Waals surface area contributed by atoms with Crippen molar-refractivity contribution in [3.8, 4) is 0 Å². The third-order valence-electron chi connectivity index (χ3n) is 4.29. The van der Waals surface area contributed by atoms with Gasteiger partial charge in [0.15, 0.2) is 5.58 Å². The number of hydrogen-bond donors (Lipinski definition) is 0. The van der Waals surface area contributed by atoms with E-state index >= 15 is 0 Å². The van der Waals surface area contributed by atoms with E-state index in [1.165, 1.54) is 11.8 Å². The van der Waals surface area contributed by atoms with E-state index in [1.807, 2.05) is 60.7 Å². The summed E-state index contributed by atoms with van der Waals surface area (Å²) < 4.78 is 7.74. The third kappa shape index (κ3) is 2.84. The molecule has 0 fully saturated rings. The fourth-order valence-corrected chi connectivity index (χ4v) is 3.81. The summed E-state index contributed by atoms with van der Waals surface area (Å²) in [4.78, 5) is 14.2. The molecule has 0 unspecified atom stereocenters. The van der Waals surface area contributed by atoms with Gasteiger partial charge in [-0.3, -0.25) is 9.20 Å². The molecule has 0 N–H and O–H groups in total. The number of carbonyl (C=O) groups is 1. The Labute approximate surface area is 154 Å². The fourth-order valence-electron chi connectivity index (χ4n) is 2.96. The van der Waals surface area contributed by atoms with Gasteiger partial charge >= 0.3 is 0 Å². The van der Waals surface area contributed by atoms with Gasteiger partial charge in [-0.25, -0.2) is 0 Å². The molecule has 3 heterocycles. The molecule has 0 bridgehead atoms. The molecule has 0 aliphatic rings. The van der Waals surface area contributed by atoms with E-state index in [1.54, 1.807) is 11.9 Å². The first kappa shape index (κ1) is 16.7. The first-order valence-corrected chi connectivity index (χ1v) is 9.22. The maximum atomic E-state index is 12.5. The summed E-state index contributed by atoms with van der Waals surface area (Å²) in [7, 11) is 1.78. The number of carbonyl (C=O) groups excluding carboxylic acids is 1. The second-order valence-corrected chi connectivity index (χ2v) is 7.06. The van der Waals surface area contributed by atoms with Crippen molar-refractivity contribution in [3.05, 3.63) is 54.0 Å². The molecule has 4 rings (SSSR count). The predicted molar refractivity (Wildman–Crippen MR) is 103 cm³/mol. The fraction of sp³-hybridized carbons (Fsp3) is 0.211.